The fourth-order valence-corrected chi connectivity index (χ4v) is 1.97. The number of aromatic nitrogens is 3. The summed E-state index contributed by atoms with van der Waals surface area (Å²) in [6.45, 7) is 0. The van der Waals surface area contributed by atoms with Crippen LogP contribution in [0.25, 0.3) is 16.6 Å². The Kier molecular flexibility index (Phi) is 2.16. The third kappa shape index (κ3) is 1.32. The fourth-order valence-electron chi connectivity index (χ4n) is 1.97. The number of imidazole rings is 1. The summed E-state index contributed by atoms with van der Waals surface area (Å²) in [5, 5.41) is 0. The van der Waals surface area contributed by atoms with E-state index in [1.165, 1.54) is 13.4 Å². The molecular weight excluding hydrogens is 234 g/mol. The highest BCUT2D eigenvalue weighted by atomic mass is 16.5. The van der Waals surface area contributed by atoms with E-state index in [1.807, 2.05) is 18.2 Å². The highest BCUT2D eigenvalue weighted by molar-refractivity contribution is 5.96. The van der Waals surface area contributed by atoms with E-state index in [4.69, 9.17) is 0 Å². The van der Waals surface area contributed by atoms with Crippen molar-refractivity contribution in [3.63, 3.8) is 0 Å². The van der Waals surface area contributed by atoms with Gasteiger partial charge in [-0.3, -0.25) is 9.20 Å². The van der Waals surface area contributed by atoms with E-state index in [9.17, 15) is 9.59 Å². The van der Waals surface area contributed by atoms with Crippen molar-refractivity contribution >= 4 is 22.5 Å². The van der Waals surface area contributed by atoms with Crippen LogP contribution in [0.15, 0.2) is 35.4 Å². The molecule has 0 saturated heterocycles. The monoisotopic (exact) mass is 243 g/mol. The minimum absolute atomic E-state index is 0.0181. The van der Waals surface area contributed by atoms with Gasteiger partial charge >= 0.3 is 5.97 Å². The van der Waals surface area contributed by atoms with Crippen LogP contribution >= 0.6 is 0 Å². The number of H-pyrrole nitrogens is 1. The second-order valence-electron chi connectivity index (χ2n) is 3.77. The smallest absolute Gasteiger partial charge is 0.359 e. The molecule has 2 aromatic heterocycles. The standard InChI is InChI=1S/C12H9N3O3/c1-18-12(17)9-10-11(16)14-7-4-2-3-5-8(7)15(10)6-13-9/h2-6H,1H3,(H,14,16). The number of nitrogens with zero attached hydrogens (tertiary/aromatic N) is 2. The molecule has 1 aromatic carbocycles. The molecule has 2 heterocycles. The Morgan fingerprint density at radius 1 is 1.39 bits per heavy atom. The summed E-state index contributed by atoms with van der Waals surface area (Å²) >= 11 is 0. The molecule has 0 fully saturated rings. The van der Waals surface area contributed by atoms with E-state index in [0.717, 1.165) is 5.52 Å². The second-order valence-corrected chi connectivity index (χ2v) is 3.77. The number of ether oxygens (including phenoxy) is 1. The van der Waals surface area contributed by atoms with Crippen LogP contribution in [0.5, 0.6) is 0 Å². The number of hydrogen-bond acceptors (Lipinski definition) is 4. The van der Waals surface area contributed by atoms with Crippen molar-refractivity contribution in [1.29, 1.82) is 0 Å². The van der Waals surface area contributed by atoms with E-state index in [2.05, 4.69) is 14.7 Å². The number of para-hydroxylation sites is 2. The number of carbonyl (C=O) groups excluding carboxylic acids is 1. The summed E-state index contributed by atoms with van der Waals surface area (Å²) in [6.07, 6.45) is 1.44. The molecule has 0 saturated carbocycles. The molecule has 6 nitrogen and oxygen atoms in total. The van der Waals surface area contributed by atoms with E-state index in [0.29, 0.717) is 5.52 Å². The molecule has 0 spiro atoms. The van der Waals surface area contributed by atoms with Gasteiger partial charge in [-0.15, -0.1) is 0 Å². The van der Waals surface area contributed by atoms with Gasteiger partial charge in [0, 0.05) is 0 Å². The molecule has 0 amide bonds. The van der Waals surface area contributed by atoms with Gasteiger partial charge in [0.1, 0.15) is 11.8 Å². The van der Waals surface area contributed by atoms with Crippen molar-refractivity contribution < 1.29 is 9.53 Å². The number of hydrogen-bond donors (Lipinski definition) is 1. The summed E-state index contributed by atoms with van der Waals surface area (Å²) in [5.74, 6) is -0.627. The zero-order chi connectivity index (χ0) is 12.7. The molecule has 0 aliphatic carbocycles. The van der Waals surface area contributed by atoms with Crippen LogP contribution < -0.4 is 5.56 Å². The molecule has 0 atom stereocenters. The third-order valence-electron chi connectivity index (χ3n) is 2.77. The first-order valence-corrected chi connectivity index (χ1v) is 5.29. The average molecular weight is 243 g/mol. The van der Waals surface area contributed by atoms with Crippen molar-refractivity contribution in [3.8, 4) is 0 Å². The predicted octanol–water partition coefficient (Wildman–Crippen LogP) is 0.962. The lowest BCUT2D eigenvalue weighted by Crippen LogP contribution is -2.14. The summed E-state index contributed by atoms with van der Waals surface area (Å²) in [5.41, 5.74) is 1.30. The average Bonchev–Trinajstić information content (AvgIpc) is 2.83. The largest absolute Gasteiger partial charge is 0.464 e. The molecule has 6 heteroatoms. The van der Waals surface area contributed by atoms with Crippen LogP contribution in [0.1, 0.15) is 10.5 Å². The van der Waals surface area contributed by atoms with Crippen LogP contribution in [-0.4, -0.2) is 27.4 Å². The Balaban J connectivity index is 2.50. The van der Waals surface area contributed by atoms with Gasteiger partial charge in [0.05, 0.1) is 18.1 Å². The van der Waals surface area contributed by atoms with Crippen LogP contribution in [0.3, 0.4) is 0 Å². The van der Waals surface area contributed by atoms with Crippen LogP contribution in [-0.2, 0) is 4.74 Å². The molecule has 18 heavy (non-hydrogen) atoms. The topological polar surface area (TPSA) is 76.5 Å². The number of nitrogens with one attached hydrogen (secondary N) is 1. The van der Waals surface area contributed by atoms with Gasteiger partial charge in [0.25, 0.3) is 5.56 Å². The molecule has 0 aliphatic rings. The molecule has 3 aromatic rings. The number of rotatable bonds is 1. The Morgan fingerprint density at radius 3 is 2.94 bits per heavy atom. The number of fused-ring (bicyclic) bond motifs is 3. The van der Waals surface area contributed by atoms with Crippen LogP contribution in [0.2, 0.25) is 0 Å². The Hall–Kier alpha value is -2.63. The fraction of sp³-hybridized carbons (Fsp3) is 0.0833. The molecule has 0 aliphatic heterocycles. The molecule has 90 valence electrons. The van der Waals surface area contributed by atoms with E-state index >= 15 is 0 Å². The normalized spacial score (nSPS) is 10.9. The van der Waals surface area contributed by atoms with Gasteiger partial charge in [-0.1, -0.05) is 12.1 Å². The minimum atomic E-state index is -0.627. The third-order valence-corrected chi connectivity index (χ3v) is 2.77. The lowest BCUT2D eigenvalue weighted by molar-refractivity contribution is 0.0597. The highest BCUT2D eigenvalue weighted by Crippen LogP contribution is 2.14. The Labute approximate surface area is 101 Å². The predicted molar refractivity (Wildman–Crippen MR) is 64.7 cm³/mol. The number of esters is 1. The zero-order valence-electron chi connectivity index (χ0n) is 9.51. The number of aromatic amines is 1. The first-order valence-electron chi connectivity index (χ1n) is 5.29. The van der Waals surface area contributed by atoms with E-state index in [-0.39, 0.29) is 16.8 Å². The van der Waals surface area contributed by atoms with Crippen LogP contribution in [0.4, 0.5) is 0 Å². The lowest BCUT2D eigenvalue weighted by Gasteiger charge is -2.01. The molecule has 0 bridgehead atoms. The van der Waals surface area contributed by atoms with Crippen molar-refractivity contribution in [3.05, 3.63) is 46.6 Å². The zero-order valence-corrected chi connectivity index (χ0v) is 9.51. The van der Waals surface area contributed by atoms with Gasteiger partial charge in [-0.05, 0) is 12.1 Å². The van der Waals surface area contributed by atoms with Gasteiger partial charge < -0.3 is 9.72 Å². The van der Waals surface area contributed by atoms with Crippen molar-refractivity contribution in [2.45, 2.75) is 0 Å². The summed E-state index contributed by atoms with van der Waals surface area (Å²) in [6, 6.07) is 7.29. The first-order chi connectivity index (χ1) is 8.72. The second kappa shape index (κ2) is 3.69. The maximum Gasteiger partial charge on any atom is 0.359 e. The van der Waals surface area contributed by atoms with Gasteiger partial charge in [-0.25, -0.2) is 9.78 Å². The van der Waals surface area contributed by atoms with Gasteiger partial charge in [-0.2, -0.15) is 0 Å². The maximum absolute atomic E-state index is 12.0. The van der Waals surface area contributed by atoms with Crippen molar-refractivity contribution in [1.82, 2.24) is 14.4 Å². The Morgan fingerprint density at radius 2 is 2.17 bits per heavy atom. The SMILES string of the molecule is COC(=O)c1ncn2c1c(=O)[nH]c1ccccc12. The van der Waals surface area contributed by atoms with E-state index in [1.54, 1.807) is 10.5 Å². The summed E-state index contributed by atoms with van der Waals surface area (Å²) in [4.78, 5) is 30.2. The summed E-state index contributed by atoms with van der Waals surface area (Å²) < 4.78 is 6.19. The number of carbonyl (C=O) groups is 1. The lowest BCUT2D eigenvalue weighted by atomic mass is 10.3. The van der Waals surface area contributed by atoms with Crippen molar-refractivity contribution in [2.24, 2.45) is 0 Å². The number of methoxy groups -OCH3 is 1. The quantitative estimate of drug-likeness (QED) is 0.646. The number of benzene rings is 1. The highest BCUT2D eigenvalue weighted by Gasteiger charge is 2.17. The maximum atomic E-state index is 12.0. The first kappa shape index (κ1) is 10.5. The molecular formula is C12H9N3O3. The van der Waals surface area contributed by atoms with Gasteiger partial charge in [0.2, 0.25) is 0 Å². The van der Waals surface area contributed by atoms with Crippen molar-refractivity contribution in [2.75, 3.05) is 7.11 Å². The van der Waals surface area contributed by atoms with E-state index < -0.39 is 5.97 Å². The van der Waals surface area contributed by atoms with Crippen LogP contribution in [0, 0.1) is 0 Å². The minimum Gasteiger partial charge on any atom is -0.464 e. The molecule has 1 N–H and O–H groups in total. The molecule has 0 unspecified atom stereocenters. The van der Waals surface area contributed by atoms with Gasteiger partial charge in [0.15, 0.2) is 5.69 Å². The Bertz CT molecular complexity index is 816. The molecule has 0 radical (unpaired) electrons. The molecule has 3 rings (SSSR count). The summed E-state index contributed by atoms with van der Waals surface area (Å²) in [7, 11) is 1.25.